The zero-order valence-electron chi connectivity index (χ0n) is 7.93. The molecule has 13 heavy (non-hydrogen) atoms. The highest BCUT2D eigenvalue weighted by Gasteiger charge is 2.68. The highest BCUT2D eigenvalue weighted by Crippen LogP contribution is 2.71. The monoisotopic (exact) mass is 181 g/mol. The van der Waals surface area contributed by atoms with Gasteiger partial charge in [0.25, 0.3) is 0 Å². The van der Waals surface area contributed by atoms with Crippen molar-refractivity contribution in [3.05, 3.63) is 0 Å². The minimum absolute atomic E-state index is 0.00345. The van der Waals surface area contributed by atoms with Crippen LogP contribution in [0.15, 0.2) is 0 Å². The lowest BCUT2D eigenvalue weighted by Gasteiger charge is -2.59. The van der Waals surface area contributed by atoms with Crippen molar-refractivity contribution >= 4 is 5.97 Å². The molecule has 0 aromatic rings. The number of nitrogens with one attached hydrogen (secondary N) is 1. The molecule has 1 unspecified atom stereocenters. The molecule has 2 saturated carbocycles. The van der Waals surface area contributed by atoms with Crippen LogP contribution in [-0.4, -0.2) is 25.7 Å². The first-order valence-corrected chi connectivity index (χ1v) is 5.01. The number of carbonyl (C=O) groups is 1. The largest absolute Gasteiger partial charge is 0.468 e. The van der Waals surface area contributed by atoms with Gasteiger partial charge in [-0.3, -0.25) is 4.79 Å². The molecule has 1 aliphatic heterocycles. The molecule has 3 fully saturated rings. The number of methoxy groups -OCH3 is 1. The predicted octanol–water partition coefficient (Wildman–Crippen LogP) is 0.692. The third-order valence-corrected chi connectivity index (χ3v) is 4.12. The lowest BCUT2D eigenvalue weighted by Crippen LogP contribution is -2.71. The van der Waals surface area contributed by atoms with Crippen molar-refractivity contribution in [2.24, 2.45) is 10.8 Å². The van der Waals surface area contributed by atoms with E-state index in [9.17, 15) is 4.79 Å². The van der Waals surface area contributed by atoms with Crippen molar-refractivity contribution in [3.63, 3.8) is 0 Å². The second kappa shape index (κ2) is 2.08. The maximum absolute atomic E-state index is 11.3. The molecule has 0 aromatic carbocycles. The molecule has 3 nitrogen and oxygen atoms in total. The topological polar surface area (TPSA) is 38.3 Å². The van der Waals surface area contributed by atoms with Crippen molar-refractivity contribution in [1.29, 1.82) is 0 Å². The first kappa shape index (κ1) is 7.80. The Hall–Kier alpha value is -0.570. The average molecular weight is 181 g/mol. The van der Waals surface area contributed by atoms with Crippen LogP contribution < -0.4 is 5.32 Å². The molecule has 2 spiro atoms. The SMILES string of the molecule is COC(=O)C1NCC12CC1(CC1)C2. The molecule has 0 radical (unpaired) electrons. The first-order valence-electron chi connectivity index (χ1n) is 5.01. The van der Waals surface area contributed by atoms with Crippen molar-refractivity contribution < 1.29 is 9.53 Å². The third-order valence-electron chi connectivity index (χ3n) is 4.12. The molecular weight excluding hydrogens is 166 g/mol. The quantitative estimate of drug-likeness (QED) is 0.605. The molecule has 1 heterocycles. The van der Waals surface area contributed by atoms with E-state index >= 15 is 0 Å². The molecule has 1 N–H and O–H groups in total. The molecule has 0 bridgehead atoms. The second-order valence-electron chi connectivity index (χ2n) is 5.05. The van der Waals surface area contributed by atoms with Crippen LogP contribution in [0.25, 0.3) is 0 Å². The second-order valence-corrected chi connectivity index (χ2v) is 5.05. The van der Waals surface area contributed by atoms with Gasteiger partial charge in [-0.05, 0) is 31.1 Å². The van der Waals surface area contributed by atoms with Crippen LogP contribution in [0.5, 0.6) is 0 Å². The Morgan fingerprint density at radius 2 is 2.15 bits per heavy atom. The molecular formula is C10H15NO2. The summed E-state index contributed by atoms with van der Waals surface area (Å²) in [6, 6.07) is 0.00345. The molecule has 3 heteroatoms. The zero-order valence-corrected chi connectivity index (χ0v) is 7.93. The van der Waals surface area contributed by atoms with Gasteiger partial charge in [0.2, 0.25) is 0 Å². The molecule has 0 amide bonds. The van der Waals surface area contributed by atoms with Gasteiger partial charge in [0, 0.05) is 12.0 Å². The number of carbonyl (C=O) groups excluding carboxylic acids is 1. The summed E-state index contributed by atoms with van der Waals surface area (Å²) in [5.74, 6) is -0.0678. The first-order chi connectivity index (χ1) is 6.20. The van der Waals surface area contributed by atoms with Crippen molar-refractivity contribution in [2.45, 2.75) is 31.7 Å². The summed E-state index contributed by atoms with van der Waals surface area (Å²) in [5.41, 5.74) is 0.970. The summed E-state index contributed by atoms with van der Waals surface area (Å²) < 4.78 is 4.77. The Morgan fingerprint density at radius 3 is 2.54 bits per heavy atom. The predicted molar refractivity (Wildman–Crippen MR) is 47.1 cm³/mol. The van der Waals surface area contributed by atoms with Gasteiger partial charge in [-0.2, -0.15) is 0 Å². The standard InChI is InChI=1S/C10H15NO2/c1-13-8(12)7-10(6-11-7)4-9(5-10)2-3-9/h7,11H,2-6H2,1H3. The van der Waals surface area contributed by atoms with Gasteiger partial charge in [-0.1, -0.05) is 0 Å². The Kier molecular flexibility index (Phi) is 1.25. The molecule has 1 atom stereocenters. The Morgan fingerprint density at radius 1 is 1.46 bits per heavy atom. The Labute approximate surface area is 77.8 Å². The van der Waals surface area contributed by atoms with Crippen molar-refractivity contribution in [1.82, 2.24) is 5.32 Å². The fourth-order valence-corrected chi connectivity index (χ4v) is 3.25. The van der Waals surface area contributed by atoms with Crippen molar-refractivity contribution in [2.75, 3.05) is 13.7 Å². The van der Waals surface area contributed by atoms with E-state index in [0.29, 0.717) is 10.8 Å². The number of hydrogen-bond donors (Lipinski definition) is 1. The van der Waals surface area contributed by atoms with Crippen molar-refractivity contribution in [3.8, 4) is 0 Å². The maximum Gasteiger partial charge on any atom is 0.323 e. The summed E-state index contributed by atoms with van der Waals surface area (Å²) in [6.45, 7) is 1.02. The number of esters is 1. The zero-order chi connectivity index (χ0) is 9.10. The lowest BCUT2D eigenvalue weighted by atomic mass is 9.52. The Balaban J connectivity index is 1.69. The van der Waals surface area contributed by atoms with Gasteiger partial charge >= 0.3 is 5.97 Å². The highest BCUT2D eigenvalue weighted by atomic mass is 16.5. The summed E-state index contributed by atoms with van der Waals surface area (Å²) in [7, 11) is 1.47. The molecule has 1 saturated heterocycles. The fraction of sp³-hybridized carbons (Fsp3) is 0.900. The van der Waals surface area contributed by atoms with Crippen LogP contribution in [0.4, 0.5) is 0 Å². The molecule has 72 valence electrons. The van der Waals surface area contributed by atoms with Gasteiger partial charge in [0.05, 0.1) is 7.11 Å². The van der Waals surface area contributed by atoms with Crippen LogP contribution in [0, 0.1) is 10.8 Å². The van der Waals surface area contributed by atoms with E-state index < -0.39 is 0 Å². The number of ether oxygens (including phenoxy) is 1. The normalized spacial score (nSPS) is 36.5. The van der Waals surface area contributed by atoms with E-state index in [4.69, 9.17) is 4.74 Å². The summed E-state index contributed by atoms with van der Waals surface area (Å²) in [4.78, 5) is 11.3. The summed E-state index contributed by atoms with van der Waals surface area (Å²) in [5, 5.41) is 3.18. The summed E-state index contributed by atoms with van der Waals surface area (Å²) in [6.07, 6.45) is 5.30. The van der Waals surface area contributed by atoms with E-state index in [1.807, 2.05) is 0 Å². The van der Waals surface area contributed by atoms with Gasteiger partial charge in [-0.25, -0.2) is 0 Å². The van der Waals surface area contributed by atoms with E-state index in [2.05, 4.69) is 5.32 Å². The smallest absolute Gasteiger partial charge is 0.323 e. The van der Waals surface area contributed by atoms with Gasteiger partial charge in [-0.15, -0.1) is 0 Å². The molecule has 2 aliphatic carbocycles. The molecule has 0 aromatic heterocycles. The van der Waals surface area contributed by atoms with Crippen LogP contribution >= 0.6 is 0 Å². The number of rotatable bonds is 1. The minimum Gasteiger partial charge on any atom is -0.468 e. The lowest BCUT2D eigenvalue weighted by molar-refractivity contribution is -0.161. The maximum atomic E-state index is 11.3. The van der Waals surface area contributed by atoms with E-state index in [-0.39, 0.29) is 12.0 Å². The minimum atomic E-state index is -0.0678. The van der Waals surface area contributed by atoms with Gasteiger partial charge < -0.3 is 10.1 Å². The Bertz CT molecular complexity index is 262. The third kappa shape index (κ3) is 0.857. The van der Waals surface area contributed by atoms with E-state index in [1.54, 1.807) is 0 Å². The van der Waals surface area contributed by atoms with E-state index in [1.165, 1.54) is 32.8 Å². The summed E-state index contributed by atoms with van der Waals surface area (Å²) >= 11 is 0. The molecule has 3 aliphatic rings. The van der Waals surface area contributed by atoms with Crippen LogP contribution in [-0.2, 0) is 9.53 Å². The number of hydrogen-bond acceptors (Lipinski definition) is 3. The van der Waals surface area contributed by atoms with Crippen LogP contribution in [0.2, 0.25) is 0 Å². The average Bonchev–Trinajstić information content (AvgIpc) is 2.78. The molecule has 3 rings (SSSR count). The highest BCUT2D eigenvalue weighted by molar-refractivity contribution is 5.78. The van der Waals surface area contributed by atoms with Gasteiger partial charge in [0.15, 0.2) is 0 Å². The van der Waals surface area contributed by atoms with Gasteiger partial charge in [0.1, 0.15) is 6.04 Å². The van der Waals surface area contributed by atoms with Crippen LogP contribution in [0.1, 0.15) is 25.7 Å². The fourth-order valence-electron chi connectivity index (χ4n) is 3.25. The van der Waals surface area contributed by atoms with Crippen LogP contribution in [0.3, 0.4) is 0 Å². The van der Waals surface area contributed by atoms with E-state index in [0.717, 1.165) is 6.54 Å².